The first-order chi connectivity index (χ1) is 11.5. The summed E-state index contributed by atoms with van der Waals surface area (Å²) < 4.78 is 13.2. The summed E-state index contributed by atoms with van der Waals surface area (Å²) in [6.45, 7) is 0. The molecule has 128 valence electrons. The summed E-state index contributed by atoms with van der Waals surface area (Å²) in [5.74, 6) is -1.70. The summed E-state index contributed by atoms with van der Waals surface area (Å²) in [4.78, 5) is 29.8. The van der Waals surface area contributed by atoms with Crippen LogP contribution in [0.25, 0.3) is 0 Å². The van der Waals surface area contributed by atoms with E-state index in [2.05, 4.69) is 0 Å². The van der Waals surface area contributed by atoms with Crippen LogP contribution in [-0.4, -0.2) is 33.4 Å². The van der Waals surface area contributed by atoms with Crippen molar-refractivity contribution in [1.29, 1.82) is 0 Å². The number of hydrogen-bond donors (Lipinski definition) is 1. The molecule has 2 aliphatic rings. The highest BCUT2D eigenvalue weighted by molar-refractivity contribution is 8.16. The molecule has 2 fully saturated rings. The van der Waals surface area contributed by atoms with E-state index < -0.39 is 11.2 Å². The Balaban J connectivity index is 1.90. The van der Waals surface area contributed by atoms with Crippen molar-refractivity contribution in [2.45, 2.75) is 49.8 Å². The monoisotopic (exact) mass is 350 g/mol. The summed E-state index contributed by atoms with van der Waals surface area (Å²) in [6, 6.07) is 5.78. The van der Waals surface area contributed by atoms with Crippen LogP contribution in [0, 0.1) is 5.82 Å². The first kappa shape index (κ1) is 17.0. The molecule has 0 bridgehead atoms. The number of halogens is 1. The van der Waals surface area contributed by atoms with Gasteiger partial charge in [0.05, 0.1) is 18.2 Å². The smallest absolute Gasteiger partial charge is 0.305 e. The minimum absolute atomic E-state index is 0.167. The highest BCUT2D eigenvalue weighted by Crippen LogP contribution is 2.35. The zero-order chi connectivity index (χ0) is 17.1. The van der Waals surface area contributed by atoms with Crippen LogP contribution >= 0.6 is 11.8 Å². The topological polar surface area (TPSA) is 70.0 Å². The lowest BCUT2D eigenvalue weighted by molar-refractivity contribution is -0.138. The van der Waals surface area contributed by atoms with Gasteiger partial charge in [0.25, 0.3) is 0 Å². The van der Waals surface area contributed by atoms with Crippen molar-refractivity contribution in [2.24, 2.45) is 4.99 Å². The number of carbonyl (C=O) groups is 2. The third-order valence-electron chi connectivity index (χ3n) is 4.25. The predicted octanol–water partition coefficient (Wildman–Crippen LogP) is 3.44. The van der Waals surface area contributed by atoms with Crippen molar-refractivity contribution < 1.29 is 19.1 Å². The second kappa shape index (κ2) is 7.34. The van der Waals surface area contributed by atoms with E-state index in [0.717, 1.165) is 25.7 Å². The Hall–Kier alpha value is -1.89. The van der Waals surface area contributed by atoms with E-state index in [4.69, 9.17) is 10.1 Å². The molecule has 0 spiro atoms. The summed E-state index contributed by atoms with van der Waals surface area (Å²) in [7, 11) is 0. The van der Waals surface area contributed by atoms with Crippen LogP contribution in [-0.2, 0) is 9.59 Å². The van der Waals surface area contributed by atoms with Crippen molar-refractivity contribution in [1.82, 2.24) is 0 Å². The second-order valence-corrected chi connectivity index (χ2v) is 7.23. The minimum Gasteiger partial charge on any atom is -0.481 e. The molecule has 1 amide bonds. The number of amides is 1. The van der Waals surface area contributed by atoms with Gasteiger partial charge in [-0.25, -0.2) is 4.39 Å². The molecule has 5 nitrogen and oxygen atoms in total. The van der Waals surface area contributed by atoms with E-state index in [1.165, 1.54) is 47.3 Å². The van der Waals surface area contributed by atoms with Crippen molar-refractivity contribution in [3.63, 3.8) is 0 Å². The van der Waals surface area contributed by atoms with Crippen molar-refractivity contribution in [3.05, 3.63) is 30.1 Å². The van der Waals surface area contributed by atoms with Gasteiger partial charge in [0.1, 0.15) is 11.1 Å². The Bertz CT molecular complexity index is 656. The standard InChI is InChI=1S/C17H19FN2O3S/c18-11-6-8-13(9-7-11)20-16(23)14(10-15(21)22)24-17(20)19-12-4-2-1-3-5-12/h6-9,12,14H,1-5,10H2,(H,21,22)/t14-/m1/s1. The maximum atomic E-state index is 13.2. The van der Waals surface area contributed by atoms with E-state index in [9.17, 15) is 14.0 Å². The summed E-state index contributed by atoms with van der Waals surface area (Å²) in [5.41, 5.74) is 0.524. The number of nitrogens with zero attached hydrogens (tertiary/aromatic N) is 2. The van der Waals surface area contributed by atoms with E-state index in [1.54, 1.807) is 0 Å². The molecule has 1 saturated carbocycles. The number of benzene rings is 1. The van der Waals surface area contributed by atoms with Gasteiger partial charge in [0.2, 0.25) is 5.91 Å². The van der Waals surface area contributed by atoms with E-state index >= 15 is 0 Å². The first-order valence-corrected chi connectivity index (χ1v) is 8.98. The number of carboxylic acids is 1. The van der Waals surface area contributed by atoms with Gasteiger partial charge in [-0.2, -0.15) is 0 Å². The van der Waals surface area contributed by atoms with Crippen LogP contribution < -0.4 is 4.90 Å². The molecule has 3 rings (SSSR count). The molecule has 1 heterocycles. The number of carboxylic acid groups (broad SMARTS) is 1. The fourth-order valence-electron chi connectivity index (χ4n) is 3.04. The molecule has 0 aromatic heterocycles. The van der Waals surface area contributed by atoms with Gasteiger partial charge in [0, 0.05) is 0 Å². The van der Waals surface area contributed by atoms with Gasteiger partial charge in [-0.3, -0.25) is 19.5 Å². The number of amidine groups is 1. The van der Waals surface area contributed by atoms with Gasteiger partial charge < -0.3 is 5.11 Å². The normalized spacial score (nSPS) is 23.9. The Kier molecular flexibility index (Phi) is 5.18. The van der Waals surface area contributed by atoms with Crippen LogP contribution in [0.1, 0.15) is 38.5 Å². The largest absolute Gasteiger partial charge is 0.481 e. The highest BCUT2D eigenvalue weighted by Gasteiger charge is 2.40. The van der Waals surface area contributed by atoms with Gasteiger partial charge in [-0.05, 0) is 37.1 Å². The minimum atomic E-state index is -1.01. The zero-order valence-electron chi connectivity index (χ0n) is 13.2. The number of hydrogen-bond acceptors (Lipinski definition) is 4. The molecule has 1 aliphatic heterocycles. The molecule has 1 aromatic carbocycles. The van der Waals surface area contributed by atoms with Crippen LogP contribution in [0.3, 0.4) is 0 Å². The number of anilines is 1. The van der Waals surface area contributed by atoms with Gasteiger partial charge in [-0.15, -0.1) is 0 Å². The fourth-order valence-corrected chi connectivity index (χ4v) is 4.24. The average molecular weight is 350 g/mol. The Morgan fingerprint density at radius 1 is 1.25 bits per heavy atom. The average Bonchev–Trinajstić information content (AvgIpc) is 2.84. The fraction of sp³-hybridized carbons (Fsp3) is 0.471. The summed E-state index contributed by atoms with van der Waals surface area (Å²) in [6.07, 6.45) is 5.17. The summed E-state index contributed by atoms with van der Waals surface area (Å²) in [5, 5.41) is 8.87. The molecule has 1 N–H and O–H groups in total. The second-order valence-electron chi connectivity index (χ2n) is 6.06. The third-order valence-corrected chi connectivity index (χ3v) is 5.40. The van der Waals surface area contributed by atoms with Crippen LogP contribution in [0.5, 0.6) is 0 Å². The van der Waals surface area contributed by atoms with Crippen LogP contribution in [0.2, 0.25) is 0 Å². The molecule has 0 unspecified atom stereocenters. The summed E-state index contributed by atoms with van der Waals surface area (Å²) >= 11 is 1.20. The lowest BCUT2D eigenvalue weighted by Gasteiger charge is -2.21. The third kappa shape index (κ3) is 3.77. The van der Waals surface area contributed by atoms with Crippen LogP contribution in [0.4, 0.5) is 10.1 Å². The lowest BCUT2D eigenvalue weighted by Crippen LogP contribution is -2.33. The van der Waals surface area contributed by atoms with Gasteiger partial charge in [0.15, 0.2) is 5.17 Å². The Morgan fingerprint density at radius 2 is 1.92 bits per heavy atom. The molecular weight excluding hydrogens is 331 g/mol. The molecule has 7 heteroatoms. The quantitative estimate of drug-likeness (QED) is 0.903. The Labute approximate surface area is 143 Å². The van der Waals surface area contributed by atoms with Gasteiger partial charge >= 0.3 is 5.97 Å². The van der Waals surface area contributed by atoms with Crippen molar-refractivity contribution >= 4 is 34.5 Å². The molecule has 1 saturated heterocycles. The van der Waals surface area contributed by atoms with E-state index in [-0.39, 0.29) is 24.2 Å². The molecule has 1 aliphatic carbocycles. The van der Waals surface area contributed by atoms with Crippen molar-refractivity contribution in [3.8, 4) is 0 Å². The Morgan fingerprint density at radius 3 is 2.54 bits per heavy atom. The van der Waals surface area contributed by atoms with Crippen molar-refractivity contribution in [2.75, 3.05) is 4.90 Å². The maximum Gasteiger partial charge on any atom is 0.305 e. The maximum absolute atomic E-state index is 13.2. The number of aliphatic imine (C=N–C) groups is 1. The predicted molar refractivity (Wildman–Crippen MR) is 91.8 cm³/mol. The molecule has 1 atom stereocenters. The molecule has 0 radical (unpaired) electrons. The number of rotatable bonds is 4. The first-order valence-electron chi connectivity index (χ1n) is 8.10. The van der Waals surface area contributed by atoms with Crippen LogP contribution in [0.15, 0.2) is 29.3 Å². The number of carbonyl (C=O) groups excluding carboxylic acids is 1. The lowest BCUT2D eigenvalue weighted by atomic mass is 9.96. The zero-order valence-corrected chi connectivity index (χ0v) is 14.0. The molecule has 24 heavy (non-hydrogen) atoms. The van der Waals surface area contributed by atoms with Gasteiger partial charge in [-0.1, -0.05) is 31.0 Å². The SMILES string of the molecule is O=C(O)C[C@H]1SC(=NC2CCCCC2)N(c2ccc(F)cc2)C1=O. The number of thioether (sulfide) groups is 1. The molecule has 1 aromatic rings. The molecular formula is C17H19FN2O3S. The van der Waals surface area contributed by atoms with E-state index in [1.807, 2.05) is 0 Å². The number of aliphatic carboxylic acids is 1. The van der Waals surface area contributed by atoms with E-state index in [0.29, 0.717) is 10.9 Å². The highest BCUT2D eigenvalue weighted by atomic mass is 32.2.